The van der Waals surface area contributed by atoms with Gasteiger partial charge in [-0.25, -0.2) is 0 Å². The smallest absolute Gasteiger partial charge is 0.244 e. The van der Waals surface area contributed by atoms with Crippen molar-refractivity contribution in [3.8, 4) is 5.69 Å². The highest BCUT2D eigenvalue weighted by molar-refractivity contribution is 5.76. The van der Waals surface area contributed by atoms with Gasteiger partial charge in [0.2, 0.25) is 11.8 Å². The first-order valence-electron chi connectivity index (χ1n) is 7.82. The molecule has 1 N–H and O–H groups in total. The van der Waals surface area contributed by atoms with Crippen LogP contribution in [0.1, 0.15) is 19.8 Å². The van der Waals surface area contributed by atoms with Crippen LogP contribution in [0.4, 0.5) is 0 Å². The number of likely N-dealkylation sites (tertiary alicyclic amines) is 1. The van der Waals surface area contributed by atoms with Crippen LogP contribution in [0.25, 0.3) is 5.69 Å². The summed E-state index contributed by atoms with van der Waals surface area (Å²) < 4.78 is 3.60. The molecule has 2 aromatic rings. The fourth-order valence-electron chi connectivity index (χ4n) is 2.93. The Hall–Kier alpha value is -2.57. The highest BCUT2D eigenvalue weighted by Gasteiger charge is 2.24. The van der Waals surface area contributed by atoms with Gasteiger partial charge < -0.3 is 14.8 Å². The quantitative estimate of drug-likeness (QED) is 0.907. The molecule has 3 rings (SSSR count). The van der Waals surface area contributed by atoms with Gasteiger partial charge in [-0.1, -0.05) is 0 Å². The molecule has 0 unspecified atom stereocenters. The van der Waals surface area contributed by atoms with Gasteiger partial charge in [0.05, 0.1) is 11.9 Å². The number of hydrogen-bond acceptors (Lipinski definition) is 3. The highest BCUT2D eigenvalue weighted by Crippen LogP contribution is 2.12. The fourth-order valence-corrected chi connectivity index (χ4v) is 2.93. The van der Waals surface area contributed by atoms with Gasteiger partial charge >= 0.3 is 0 Å². The van der Waals surface area contributed by atoms with Gasteiger partial charge in [-0.3, -0.25) is 14.3 Å². The molecular weight excluding hydrogens is 294 g/mol. The lowest BCUT2D eigenvalue weighted by Gasteiger charge is -2.33. The van der Waals surface area contributed by atoms with E-state index in [1.165, 1.54) is 6.92 Å². The zero-order chi connectivity index (χ0) is 16.2. The molecule has 0 aliphatic carbocycles. The number of carbonyl (C=O) groups is 2. The minimum Gasteiger partial charge on any atom is -0.352 e. The van der Waals surface area contributed by atoms with Crippen molar-refractivity contribution in [2.45, 2.75) is 32.4 Å². The summed E-state index contributed by atoms with van der Waals surface area (Å²) in [5.41, 5.74) is 0.928. The maximum absolute atomic E-state index is 12.4. The normalized spacial score (nSPS) is 18.0. The number of hydrogen-bond donors (Lipinski definition) is 1. The van der Waals surface area contributed by atoms with Crippen LogP contribution in [0.3, 0.4) is 0 Å². The third-order valence-corrected chi connectivity index (χ3v) is 4.00. The van der Waals surface area contributed by atoms with Crippen molar-refractivity contribution in [3.63, 3.8) is 0 Å². The summed E-state index contributed by atoms with van der Waals surface area (Å²) in [6, 6.07) is 3.94. The highest BCUT2D eigenvalue weighted by atomic mass is 16.2. The van der Waals surface area contributed by atoms with Crippen molar-refractivity contribution >= 4 is 11.8 Å². The van der Waals surface area contributed by atoms with Crippen LogP contribution in [0.5, 0.6) is 0 Å². The van der Waals surface area contributed by atoms with Crippen molar-refractivity contribution in [1.82, 2.24) is 24.6 Å². The fraction of sp³-hybridized carbons (Fsp3) is 0.438. The Balaban J connectivity index is 1.59. The topological polar surface area (TPSA) is 72.2 Å². The molecule has 0 radical (unpaired) electrons. The maximum atomic E-state index is 12.4. The third-order valence-electron chi connectivity index (χ3n) is 4.00. The van der Waals surface area contributed by atoms with Crippen LogP contribution < -0.4 is 5.32 Å². The summed E-state index contributed by atoms with van der Waals surface area (Å²) in [7, 11) is 0. The summed E-state index contributed by atoms with van der Waals surface area (Å²) >= 11 is 0. The molecule has 2 aromatic heterocycles. The van der Waals surface area contributed by atoms with Crippen LogP contribution in [-0.4, -0.2) is 50.2 Å². The van der Waals surface area contributed by atoms with Crippen LogP contribution in [0.2, 0.25) is 0 Å². The number of nitrogens with one attached hydrogen (secondary N) is 1. The minimum atomic E-state index is -0.0484. The van der Waals surface area contributed by atoms with E-state index in [0.717, 1.165) is 25.1 Å². The van der Waals surface area contributed by atoms with Crippen molar-refractivity contribution in [1.29, 1.82) is 0 Å². The second-order valence-electron chi connectivity index (χ2n) is 5.87. The first-order chi connectivity index (χ1) is 11.1. The van der Waals surface area contributed by atoms with Gasteiger partial charge in [0, 0.05) is 44.6 Å². The molecule has 7 heteroatoms. The Morgan fingerprint density at radius 1 is 1.35 bits per heavy atom. The molecule has 122 valence electrons. The molecule has 1 fully saturated rings. The van der Waals surface area contributed by atoms with Crippen molar-refractivity contribution in [2.75, 3.05) is 13.1 Å². The minimum absolute atomic E-state index is 0.0298. The number of nitrogens with zero attached hydrogens (tertiary/aromatic N) is 4. The molecule has 1 aliphatic heterocycles. The van der Waals surface area contributed by atoms with Gasteiger partial charge in [0.15, 0.2) is 0 Å². The first kappa shape index (κ1) is 15.3. The Bertz CT molecular complexity index is 676. The standard InChI is InChI=1S/C16H21N5O2/c1-13(22)18-14-5-4-8-20(10-14)16(23)12-21-11-15(9-17-21)19-6-2-3-7-19/h2-3,6-7,9,11,14H,4-5,8,10,12H2,1H3,(H,18,22)/t14-/m1/s1. The van der Waals surface area contributed by atoms with Crippen LogP contribution in [0, 0.1) is 0 Å². The average molecular weight is 315 g/mol. The molecule has 3 heterocycles. The molecule has 0 bridgehead atoms. The number of rotatable bonds is 4. The third kappa shape index (κ3) is 3.80. The van der Waals surface area contributed by atoms with E-state index in [2.05, 4.69) is 10.4 Å². The molecule has 1 aliphatic rings. The molecule has 7 nitrogen and oxygen atoms in total. The van der Waals surface area contributed by atoms with E-state index in [0.29, 0.717) is 6.54 Å². The monoisotopic (exact) mass is 315 g/mol. The van der Waals surface area contributed by atoms with Crippen molar-refractivity contribution in [2.24, 2.45) is 0 Å². The van der Waals surface area contributed by atoms with E-state index in [9.17, 15) is 9.59 Å². The zero-order valence-electron chi connectivity index (χ0n) is 13.2. The summed E-state index contributed by atoms with van der Waals surface area (Å²) in [4.78, 5) is 25.4. The second kappa shape index (κ2) is 6.68. The van der Waals surface area contributed by atoms with Crippen LogP contribution in [0.15, 0.2) is 36.9 Å². The Kier molecular flexibility index (Phi) is 4.45. The number of carbonyl (C=O) groups excluding carboxylic acids is 2. The molecular formula is C16H21N5O2. The number of piperidine rings is 1. The van der Waals surface area contributed by atoms with Crippen molar-refractivity contribution < 1.29 is 9.59 Å². The van der Waals surface area contributed by atoms with E-state index in [4.69, 9.17) is 0 Å². The zero-order valence-corrected chi connectivity index (χ0v) is 13.2. The van der Waals surface area contributed by atoms with Gasteiger partial charge in [-0.2, -0.15) is 5.10 Å². The summed E-state index contributed by atoms with van der Waals surface area (Å²) in [5, 5.41) is 7.15. The van der Waals surface area contributed by atoms with E-state index < -0.39 is 0 Å². The first-order valence-corrected chi connectivity index (χ1v) is 7.82. The van der Waals surface area contributed by atoms with Gasteiger partial charge in [-0.05, 0) is 25.0 Å². The van der Waals surface area contributed by atoms with Crippen LogP contribution in [-0.2, 0) is 16.1 Å². The molecule has 1 saturated heterocycles. The number of amides is 2. The van der Waals surface area contributed by atoms with Crippen LogP contribution >= 0.6 is 0 Å². The van der Waals surface area contributed by atoms with E-state index in [-0.39, 0.29) is 24.4 Å². The van der Waals surface area contributed by atoms with Gasteiger partial charge in [0.25, 0.3) is 0 Å². The average Bonchev–Trinajstić information content (AvgIpc) is 3.17. The van der Waals surface area contributed by atoms with Crippen molar-refractivity contribution in [3.05, 3.63) is 36.9 Å². The lowest BCUT2D eigenvalue weighted by atomic mass is 10.1. The lowest BCUT2D eigenvalue weighted by Crippen LogP contribution is -2.49. The lowest BCUT2D eigenvalue weighted by molar-refractivity contribution is -0.134. The maximum Gasteiger partial charge on any atom is 0.244 e. The molecule has 2 amide bonds. The molecule has 1 atom stereocenters. The van der Waals surface area contributed by atoms with E-state index in [1.807, 2.05) is 35.3 Å². The Labute approximate surface area is 134 Å². The SMILES string of the molecule is CC(=O)N[C@@H]1CCCN(C(=O)Cn2cc(-n3cccc3)cn2)C1. The predicted molar refractivity (Wildman–Crippen MR) is 85.0 cm³/mol. The second-order valence-corrected chi connectivity index (χ2v) is 5.87. The molecule has 0 spiro atoms. The van der Waals surface area contributed by atoms with E-state index >= 15 is 0 Å². The summed E-state index contributed by atoms with van der Waals surface area (Å²) in [5.74, 6) is -0.0186. The largest absolute Gasteiger partial charge is 0.352 e. The molecule has 23 heavy (non-hydrogen) atoms. The number of aromatic nitrogens is 3. The van der Waals surface area contributed by atoms with Gasteiger partial charge in [0.1, 0.15) is 6.54 Å². The predicted octanol–water partition coefficient (Wildman–Crippen LogP) is 0.801. The van der Waals surface area contributed by atoms with Gasteiger partial charge in [-0.15, -0.1) is 0 Å². The van der Waals surface area contributed by atoms with E-state index in [1.54, 1.807) is 15.8 Å². The Morgan fingerprint density at radius 3 is 2.87 bits per heavy atom. The Morgan fingerprint density at radius 2 is 2.13 bits per heavy atom. The summed E-state index contributed by atoms with van der Waals surface area (Å²) in [6.45, 7) is 3.03. The molecule has 0 aromatic carbocycles. The molecule has 0 saturated carbocycles. The summed E-state index contributed by atoms with van der Waals surface area (Å²) in [6.07, 6.45) is 9.29.